The zero-order chi connectivity index (χ0) is 75.4. The van der Waals surface area contributed by atoms with Gasteiger partial charge in [-0.25, -0.2) is 48.3 Å². The number of pyridine rings is 1. The first-order chi connectivity index (χ1) is 48.5. The zero-order valence-corrected chi connectivity index (χ0v) is 60.2. The van der Waals surface area contributed by atoms with Gasteiger partial charge in [0.2, 0.25) is 59.1 Å². The van der Waals surface area contributed by atoms with E-state index in [1.165, 1.54) is 28.8 Å². The van der Waals surface area contributed by atoms with Crippen LogP contribution in [-0.4, -0.2) is 177 Å². The molecule has 6 heterocycles. The molecule has 4 aromatic carbocycles. The van der Waals surface area contributed by atoms with Gasteiger partial charge in [-0.3, -0.25) is 33.9 Å². The van der Waals surface area contributed by atoms with Gasteiger partial charge in [-0.15, -0.1) is 0 Å². The predicted molar refractivity (Wildman–Crippen MR) is 377 cm³/mol. The van der Waals surface area contributed by atoms with Crippen molar-refractivity contribution < 1.29 is 77.4 Å². The topological polar surface area (TPSA) is 138 Å². The van der Waals surface area contributed by atoms with Gasteiger partial charge >= 0.3 is 0 Å². The van der Waals surface area contributed by atoms with Gasteiger partial charge in [0.25, 0.3) is 0 Å². The van der Waals surface area contributed by atoms with Crippen LogP contribution in [0.2, 0.25) is 0 Å². The number of benzene rings is 4. The van der Waals surface area contributed by atoms with E-state index in [9.17, 15) is 77.4 Å². The number of halogens is 11. The fourth-order valence-corrected chi connectivity index (χ4v) is 13.1. The summed E-state index contributed by atoms with van der Waals surface area (Å²) < 4.78 is 141. The Bertz CT molecular complexity index is 3220. The minimum atomic E-state index is -2.80. The summed E-state index contributed by atoms with van der Waals surface area (Å²) in [4.78, 5) is 74.1. The monoisotopic (exact) mass is 1460 g/mol. The number of phenols is 1. The van der Waals surface area contributed by atoms with Crippen LogP contribution in [0, 0.1) is 11.7 Å². The lowest BCUT2D eigenvalue weighted by atomic mass is 9.89. The molecular formula is C79H104F11N7O6. The number of aromatic nitrogens is 1. The Morgan fingerprint density at radius 3 is 1.08 bits per heavy atom. The number of alkyl halides is 10. The molecule has 1 N–H and O–H groups in total. The number of amides is 5. The highest BCUT2D eigenvalue weighted by Crippen LogP contribution is 2.33. The molecule has 0 saturated carbocycles. The van der Waals surface area contributed by atoms with Crippen LogP contribution in [0.1, 0.15) is 189 Å². The summed E-state index contributed by atoms with van der Waals surface area (Å²) in [6.07, 6.45) is 8.46. The van der Waals surface area contributed by atoms with E-state index in [-0.39, 0.29) is 105 Å². The van der Waals surface area contributed by atoms with Gasteiger partial charge in [-0.1, -0.05) is 84.9 Å². The van der Waals surface area contributed by atoms with Gasteiger partial charge in [0.15, 0.2) is 0 Å². The van der Waals surface area contributed by atoms with Crippen molar-refractivity contribution in [2.45, 2.75) is 204 Å². The SMILES string of the molecule is CC(F)(F)CCC(=O)N1CCC(Cc2ccccc2)CC1.CC(F)(F)CCC(=O)N1CCC(c2ccc(F)cc2)C1.CC(F)(F)CCC(=O)N1CCC(c2ccc(O)cc2)CC1.CC(F)(F)CCC(=O)N1CCC(c2ccncc2)CC1.CC(F)(F)CCC(=O)N1CCN(Cc2ccccc2)CC1. The third kappa shape index (κ3) is 33.4. The molecule has 5 saturated heterocycles. The van der Waals surface area contributed by atoms with Gasteiger partial charge in [0, 0.05) is 168 Å². The van der Waals surface area contributed by atoms with E-state index in [4.69, 9.17) is 0 Å². The summed E-state index contributed by atoms with van der Waals surface area (Å²) in [7, 11) is 0. The van der Waals surface area contributed by atoms with E-state index in [0.717, 1.165) is 117 Å². The van der Waals surface area contributed by atoms with Crippen LogP contribution in [0.3, 0.4) is 0 Å². The van der Waals surface area contributed by atoms with Gasteiger partial charge in [0.05, 0.1) is 0 Å². The molecular weight excluding hydrogens is 1350 g/mol. The molecule has 103 heavy (non-hydrogen) atoms. The third-order valence-corrected chi connectivity index (χ3v) is 19.3. The molecule has 5 amide bonds. The van der Waals surface area contributed by atoms with E-state index in [0.29, 0.717) is 83.2 Å². The Kier molecular flexibility index (Phi) is 33.2. The van der Waals surface area contributed by atoms with Crippen LogP contribution in [0.15, 0.2) is 134 Å². The number of likely N-dealkylation sites (tertiary alicyclic amines) is 4. The number of piperidine rings is 3. The molecule has 0 aliphatic carbocycles. The molecule has 568 valence electrons. The average molecular weight is 1460 g/mol. The molecule has 5 aliphatic rings. The predicted octanol–water partition coefficient (Wildman–Crippen LogP) is 17.0. The van der Waals surface area contributed by atoms with Crippen molar-refractivity contribution in [1.29, 1.82) is 0 Å². The van der Waals surface area contributed by atoms with E-state index in [2.05, 4.69) is 34.1 Å². The number of piperazine rings is 1. The van der Waals surface area contributed by atoms with Gasteiger partial charge in [-0.2, -0.15) is 0 Å². The Morgan fingerprint density at radius 2 is 0.689 bits per heavy atom. The first-order valence-electron chi connectivity index (χ1n) is 36.1. The highest BCUT2D eigenvalue weighted by atomic mass is 19.3. The molecule has 0 radical (unpaired) electrons. The zero-order valence-electron chi connectivity index (χ0n) is 60.2. The van der Waals surface area contributed by atoms with Crippen molar-refractivity contribution >= 4 is 29.5 Å². The van der Waals surface area contributed by atoms with Gasteiger partial charge in [-0.05, 0) is 168 Å². The van der Waals surface area contributed by atoms with Crippen LogP contribution >= 0.6 is 0 Å². The lowest BCUT2D eigenvalue weighted by Gasteiger charge is -2.35. The number of rotatable bonds is 22. The molecule has 1 atom stereocenters. The van der Waals surface area contributed by atoms with Gasteiger partial charge in [0.1, 0.15) is 11.6 Å². The second-order valence-corrected chi connectivity index (χ2v) is 28.6. The highest BCUT2D eigenvalue weighted by molar-refractivity contribution is 5.78. The second-order valence-electron chi connectivity index (χ2n) is 28.6. The number of hydrogen-bond donors (Lipinski definition) is 1. The largest absolute Gasteiger partial charge is 0.508 e. The normalized spacial score (nSPS) is 17.5. The molecule has 0 bridgehead atoms. The molecule has 5 fully saturated rings. The number of carbonyl (C=O) groups excluding carboxylic acids is 5. The van der Waals surface area contributed by atoms with E-state index < -0.39 is 36.0 Å². The quantitative estimate of drug-likeness (QED) is 0.0676. The smallest absolute Gasteiger partial charge is 0.245 e. The van der Waals surface area contributed by atoms with Crippen LogP contribution in [0.5, 0.6) is 5.75 Å². The highest BCUT2D eigenvalue weighted by Gasteiger charge is 2.33. The van der Waals surface area contributed by atoms with Crippen molar-refractivity contribution in [3.63, 3.8) is 0 Å². The Balaban J connectivity index is 0.000000202. The number of hydrogen-bond acceptors (Lipinski definition) is 8. The summed E-state index contributed by atoms with van der Waals surface area (Å²) in [6, 6.07) is 37.9. The molecule has 1 aromatic heterocycles. The Labute approximate surface area is 600 Å². The third-order valence-electron chi connectivity index (χ3n) is 19.3. The van der Waals surface area contributed by atoms with Crippen molar-refractivity contribution in [3.8, 4) is 5.75 Å². The summed E-state index contributed by atoms with van der Waals surface area (Å²) in [6.45, 7) is 13.0. The Morgan fingerprint density at radius 1 is 0.379 bits per heavy atom. The molecule has 13 nitrogen and oxygen atoms in total. The molecule has 24 heteroatoms. The van der Waals surface area contributed by atoms with Crippen molar-refractivity contribution in [2.75, 3.05) is 78.5 Å². The maximum Gasteiger partial charge on any atom is 0.245 e. The van der Waals surface area contributed by atoms with Crippen LogP contribution in [0.4, 0.5) is 48.3 Å². The number of phenolic OH excluding ortho intramolecular Hbond substituents is 1. The number of aromatic hydroxyl groups is 1. The van der Waals surface area contributed by atoms with Gasteiger partial charge < -0.3 is 29.6 Å². The first-order valence-corrected chi connectivity index (χ1v) is 36.1. The molecule has 5 aromatic rings. The van der Waals surface area contributed by atoms with Crippen LogP contribution in [0.25, 0.3) is 0 Å². The van der Waals surface area contributed by atoms with Crippen molar-refractivity contribution in [1.82, 2.24) is 34.4 Å². The summed E-state index contributed by atoms with van der Waals surface area (Å²) in [5.74, 6) is -13.2. The van der Waals surface area contributed by atoms with Crippen molar-refractivity contribution in [2.24, 2.45) is 5.92 Å². The minimum Gasteiger partial charge on any atom is -0.508 e. The maximum absolute atomic E-state index is 12.9. The molecule has 5 aliphatic heterocycles. The first kappa shape index (κ1) is 84.3. The Hall–Kier alpha value is -7.63. The van der Waals surface area contributed by atoms with E-state index in [1.807, 2.05) is 60.7 Å². The summed E-state index contributed by atoms with van der Waals surface area (Å²) >= 11 is 0. The lowest BCUT2D eigenvalue weighted by molar-refractivity contribution is -0.135. The molecule has 1 unspecified atom stereocenters. The molecule has 0 spiro atoms. The maximum atomic E-state index is 12.9. The fourth-order valence-electron chi connectivity index (χ4n) is 13.1. The summed E-state index contributed by atoms with van der Waals surface area (Å²) in [5.41, 5.74) is 5.96. The standard InChI is InChI=1S/C17H23F2NO.C16H22F2N2O.C16H21F2NO2.C15H18F3NO.C15H20F2N2O/c1-17(18,19)10-7-16(21)20-11-8-15(9-12-20)13-14-5-3-2-4-6-14;1-16(17,18)8-7-15(21)20-11-9-19(10-12-20)13-14-5-3-2-4-6-14;1-16(17,18)9-6-15(21)19-10-7-13(8-11-19)12-2-4-14(20)5-3-12;1-15(17,18)8-6-14(20)19-9-7-12(10-19)11-2-4-13(16)5-3-11;1-15(16,17)7-2-14(20)19-10-5-13(6-11-19)12-3-8-18-9-4-12/h2-6,15H,7-13H2,1H3;2-6H,7-13H2,1H3;2-5,13,20H,6-11H2,1H3;2-5,12H,6-10H2,1H3;3-4,8-9,13H,2,5-7,10-11H2,1H3. The average Bonchev–Trinajstić information content (AvgIpc) is 1.84. The minimum absolute atomic E-state index is 0.0488. The second kappa shape index (κ2) is 40.6. The van der Waals surface area contributed by atoms with Crippen molar-refractivity contribution in [3.05, 3.63) is 167 Å². The number of carbonyl (C=O) groups is 5. The molecule has 10 rings (SSSR count). The summed E-state index contributed by atoms with van der Waals surface area (Å²) in [5, 5.41) is 9.28. The van der Waals surface area contributed by atoms with Crippen LogP contribution < -0.4 is 0 Å². The van der Waals surface area contributed by atoms with Crippen LogP contribution in [-0.2, 0) is 36.9 Å². The van der Waals surface area contributed by atoms with E-state index >= 15 is 0 Å². The van der Waals surface area contributed by atoms with E-state index in [1.54, 1.807) is 61.2 Å². The lowest BCUT2D eigenvalue weighted by Crippen LogP contribution is -2.48. The fraction of sp³-hybridized carbons (Fsp3) is 0.570. The number of nitrogens with zero attached hydrogens (tertiary/aromatic N) is 7.